The van der Waals surface area contributed by atoms with E-state index >= 15 is 0 Å². The quantitative estimate of drug-likeness (QED) is 0.704. The molecule has 0 bridgehead atoms. The van der Waals surface area contributed by atoms with Gasteiger partial charge in [0.15, 0.2) is 0 Å². The van der Waals surface area contributed by atoms with Gasteiger partial charge in [-0.1, -0.05) is 6.92 Å². The number of carbonyl (C=O) groups is 1. The van der Waals surface area contributed by atoms with E-state index < -0.39 is 12.0 Å². The van der Waals surface area contributed by atoms with Crippen molar-refractivity contribution < 1.29 is 9.90 Å². The van der Waals surface area contributed by atoms with Crippen molar-refractivity contribution in [1.82, 2.24) is 0 Å². The van der Waals surface area contributed by atoms with Gasteiger partial charge < -0.3 is 10.8 Å². The van der Waals surface area contributed by atoms with E-state index in [1.54, 1.807) is 0 Å². The molecule has 14 heavy (non-hydrogen) atoms. The summed E-state index contributed by atoms with van der Waals surface area (Å²) in [6.45, 7) is 2.24. The van der Waals surface area contributed by atoms with Crippen LogP contribution >= 0.6 is 0 Å². The second kappa shape index (κ2) is 3.23. The summed E-state index contributed by atoms with van der Waals surface area (Å²) >= 11 is 0. The Labute approximate surface area is 84.7 Å². The second-order valence-corrected chi connectivity index (χ2v) is 5.20. The van der Waals surface area contributed by atoms with Crippen LogP contribution in [0.15, 0.2) is 0 Å². The van der Waals surface area contributed by atoms with Crippen LogP contribution in [0.1, 0.15) is 39.0 Å². The number of hydrogen-bond donors (Lipinski definition) is 2. The van der Waals surface area contributed by atoms with Crippen LogP contribution in [-0.4, -0.2) is 17.1 Å². The van der Waals surface area contributed by atoms with E-state index in [0.717, 1.165) is 25.2 Å². The van der Waals surface area contributed by atoms with E-state index in [-0.39, 0.29) is 5.41 Å². The fourth-order valence-corrected chi connectivity index (χ4v) is 2.54. The molecule has 2 saturated carbocycles. The maximum absolute atomic E-state index is 10.8. The molecule has 0 heterocycles. The lowest BCUT2D eigenvalue weighted by atomic mass is 9.85. The highest BCUT2D eigenvalue weighted by molar-refractivity contribution is 5.75. The normalized spacial score (nSPS) is 28.1. The minimum absolute atomic E-state index is 0.0478. The largest absolute Gasteiger partial charge is 0.480 e. The first-order valence-electron chi connectivity index (χ1n) is 5.53. The number of rotatable bonds is 5. The summed E-state index contributed by atoms with van der Waals surface area (Å²) in [5.74, 6) is 0.696. The number of carboxylic acids is 1. The molecule has 0 aromatic rings. The van der Waals surface area contributed by atoms with Gasteiger partial charge in [-0.3, -0.25) is 4.79 Å². The van der Waals surface area contributed by atoms with Gasteiger partial charge in [0.05, 0.1) is 0 Å². The summed E-state index contributed by atoms with van der Waals surface area (Å²) in [6, 6.07) is -0.635. The molecular weight excluding hydrogens is 178 g/mol. The van der Waals surface area contributed by atoms with Crippen LogP contribution in [0.5, 0.6) is 0 Å². The van der Waals surface area contributed by atoms with Crippen molar-refractivity contribution in [1.29, 1.82) is 0 Å². The molecule has 2 rings (SSSR count). The molecule has 3 nitrogen and oxygen atoms in total. The van der Waals surface area contributed by atoms with E-state index in [0.29, 0.717) is 5.92 Å². The summed E-state index contributed by atoms with van der Waals surface area (Å²) in [4.78, 5) is 10.8. The van der Waals surface area contributed by atoms with Gasteiger partial charge in [-0.05, 0) is 49.4 Å². The van der Waals surface area contributed by atoms with Crippen molar-refractivity contribution in [3.63, 3.8) is 0 Å². The number of nitrogens with two attached hydrogens (primary N) is 1. The first-order valence-corrected chi connectivity index (χ1v) is 5.53. The smallest absolute Gasteiger partial charge is 0.321 e. The minimum Gasteiger partial charge on any atom is -0.480 e. The van der Waals surface area contributed by atoms with Crippen molar-refractivity contribution in [3.05, 3.63) is 0 Å². The Morgan fingerprint density at radius 2 is 2.14 bits per heavy atom. The topological polar surface area (TPSA) is 63.3 Å². The van der Waals surface area contributed by atoms with Crippen molar-refractivity contribution in [3.8, 4) is 0 Å². The molecule has 3 heteroatoms. The SMILES string of the molecule is CC(CC1(C(N)C(=O)O)CC1)C1CC1. The van der Waals surface area contributed by atoms with Crippen molar-refractivity contribution in [2.75, 3.05) is 0 Å². The molecule has 0 spiro atoms. The lowest BCUT2D eigenvalue weighted by Gasteiger charge is -2.23. The maximum Gasteiger partial charge on any atom is 0.321 e. The molecule has 2 atom stereocenters. The lowest BCUT2D eigenvalue weighted by molar-refractivity contribution is -0.140. The van der Waals surface area contributed by atoms with Crippen LogP contribution in [0.3, 0.4) is 0 Å². The van der Waals surface area contributed by atoms with Gasteiger partial charge in [-0.2, -0.15) is 0 Å². The lowest BCUT2D eigenvalue weighted by Crippen LogP contribution is -2.40. The number of carboxylic acid groups (broad SMARTS) is 1. The molecule has 0 aliphatic heterocycles. The first kappa shape index (κ1) is 9.97. The molecule has 80 valence electrons. The zero-order valence-corrected chi connectivity index (χ0v) is 8.70. The average Bonchev–Trinajstić information content (AvgIpc) is 2.98. The summed E-state index contributed by atoms with van der Waals surface area (Å²) in [6.07, 6.45) is 5.71. The summed E-state index contributed by atoms with van der Waals surface area (Å²) in [7, 11) is 0. The van der Waals surface area contributed by atoms with Gasteiger partial charge in [0.1, 0.15) is 6.04 Å². The Balaban J connectivity index is 1.91. The fraction of sp³-hybridized carbons (Fsp3) is 0.909. The molecule has 2 aliphatic carbocycles. The van der Waals surface area contributed by atoms with Crippen LogP contribution in [-0.2, 0) is 4.79 Å². The van der Waals surface area contributed by atoms with Gasteiger partial charge in [0.25, 0.3) is 0 Å². The predicted octanol–water partition coefficient (Wildman–Crippen LogP) is 1.61. The van der Waals surface area contributed by atoms with Crippen LogP contribution in [0, 0.1) is 17.3 Å². The molecule has 2 fully saturated rings. The molecule has 0 aromatic heterocycles. The Morgan fingerprint density at radius 1 is 1.57 bits per heavy atom. The third-order valence-corrected chi connectivity index (χ3v) is 3.97. The van der Waals surface area contributed by atoms with Crippen LogP contribution in [0.2, 0.25) is 0 Å². The highest BCUT2D eigenvalue weighted by Gasteiger charge is 2.52. The highest BCUT2D eigenvalue weighted by atomic mass is 16.4. The monoisotopic (exact) mass is 197 g/mol. The Hall–Kier alpha value is -0.570. The molecule has 0 amide bonds. The van der Waals surface area contributed by atoms with Crippen LogP contribution in [0.25, 0.3) is 0 Å². The first-order chi connectivity index (χ1) is 6.55. The second-order valence-electron chi connectivity index (χ2n) is 5.20. The van der Waals surface area contributed by atoms with E-state index in [2.05, 4.69) is 6.92 Å². The molecule has 0 aromatic carbocycles. The van der Waals surface area contributed by atoms with Gasteiger partial charge in [-0.25, -0.2) is 0 Å². The van der Waals surface area contributed by atoms with Crippen molar-refractivity contribution >= 4 is 5.97 Å². The Bertz CT molecular complexity index is 244. The van der Waals surface area contributed by atoms with Gasteiger partial charge in [-0.15, -0.1) is 0 Å². The molecule has 2 unspecified atom stereocenters. The number of hydrogen-bond acceptors (Lipinski definition) is 2. The zero-order valence-electron chi connectivity index (χ0n) is 8.70. The van der Waals surface area contributed by atoms with Gasteiger partial charge in [0.2, 0.25) is 0 Å². The van der Waals surface area contributed by atoms with E-state index in [9.17, 15) is 4.79 Å². The zero-order chi connectivity index (χ0) is 10.3. The summed E-state index contributed by atoms with van der Waals surface area (Å²) in [5.41, 5.74) is 5.68. The third-order valence-electron chi connectivity index (χ3n) is 3.97. The summed E-state index contributed by atoms with van der Waals surface area (Å²) in [5, 5.41) is 8.90. The van der Waals surface area contributed by atoms with E-state index in [1.807, 2.05) is 0 Å². The minimum atomic E-state index is -0.828. The maximum atomic E-state index is 10.8. The van der Waals surface area contributed by atoms with Crippen LogP contribution in [0.4, 0.5) is 0 Å². The number of aliphatic carboxylic acids is 1. The van der Waals surface area contributed by atoms with E-state index in [1.165, 1.54) is 12.8 Å². The molecule has 0 saturated heterocycles. The van der Waals surface area contributed by atoms with Crippen molar-refractivity contribution in [2.24, 2.45) is 23.0 Å². The molecular formula is C11H19NO2. The fourth-order valence-electron chi connectivity index (χ4n) is 2.54. The highest BCUT2D eigenvalue weighted by Crippen LogP contribution is 2.55. The van der Waals surface area contributed by atoms with Gasteiger partial charge in [0, 0.05) is 0 Å². The standard InChI is InChI=1S/C11H19NO2/c1-7(8-2-3-8)6-11(4-5-11)9(12)10(13)14/h7-9H,2-6,12H2,1H3,(H,13,14). The van der Waals surface area contributed by atoms with Gasteiger partial charge >= 0.3 is 5.97 Å². The summed E-state index contributed by atoms with van der Waals surface area (Å²) < 4.78 is 0. The van der Waals surface area contributed by atoms with E-state index in [4.69, 9.17) is 10.8 Å². The third kappa shape index (κ3) is 1.78. The molecule has 3 N–H and O–H groups in total. The van der Waals surface area contributed by atoms with Crippen molar-refractivity contribution in [2.45, 2.75) is 45.1 Å². The van der Waals surface area contributed by atoms with Crippen LogP contribution < -0.4 is 5.73 Å². The predicted molar refractivity (Wildman–Crippen MR) is 53.8 cm³/mol. The molecule has 0 radical (unpaired) electrons. The molecule has 2 aliphatic rings. The Morgan fingerprint density at radius 3 is 2.50 bits per heavy atom. The Kier molecular flexibility index (Phi) is 2.30. The average molecular weight is 197 g/mol.